The van der Waals surface area contributed by atoms with Crippen LogP contribution in [-0.4, -0.2) is 44.1 Å². The number of halogens is 1. The van der Waals surface area contributed by atoms with Gasteiger partial charge in [0.15, 0.2) is 0 Å². The Morgan fingerprint density at radius 2 is 1.94 bits per heavy atom. The lowest BCUT2D eigenvalue weighted by molar-refractivity contribution is 0.401. The largest absolute Gasteiger partial charge is 0.389 e. The Morgan fingerprint density at radius 3 is 2.44 bits per heavy atom. The van der Waals surface area contributed by atoms with E-state index in [1.54, 1.807) is 0 Å². The van der Waals surface area contributed by atoms with Gasteiger partial charge in [-0.15, -0.1) is 0 Å². The number of anilines is 1. The maximum absolute atomic E-state index is 5.61. The Balaban J connectivity index is 2.68. The third-order valence-corrected chi connectivity index (χ3v) is 3.61. The Hall–Kier alpha value is -0.650. The lowest BCUT2D eigenvalue weighted by Crippen LogP contribution is -2.23. The second kappa shape index (κ2) is 7.07. The first-order valence-corrected chi connectivity index (χ1v) is 7.07. The summed E-state index contributed by atoms with van der Waals surface area (Å²) in [5, 5.41) is 0. The maximum Gasteiger partial charge on any atom is 0.104 e. The van der Waals surface area contributed by atoms with Crippen molar-refractivity contribution in [3.63, 3.8) is 0 Å². The second-order valence-corrected chi connectivity index (χ2v) is 5.90. The molecule has 18 heavy (non-hydrogen) atoms. The zero-order valence-corrected chi connectivity index (χ0v) is 13.5. The third-order valence-electron chi connectivity index (χ3n) is 2.74. The highest BCUT2D eigenvalue weighted by atomic mass is 79.9. The summed E-state index contributed by atoms with van der Waals surface area (Å²) in [6.45, 7) is 2.11. The Bertz CT molecular complexity index is 421. The van der Waals surface area contributed by atoms with Crippen molar-refractivity contribution in [2.75, 3.05) is 39.1 Å². The van der Waals surface area contributed by atoms with Crippen molar-refractivity contribution in [3.8, 4) is 0 Å². The van der Waals surface area contributed by atoms with Gasteiger partial charge in [0.05, 0.1) is 5.69 Å². The van der Waals surface area contributed by atoms with Crippen LogP contribution in [0.4, 0.5) is 5.69 Å². The van der Waals surface area contributed by atoms with Gasteiger partial charge in [-0.25, -0.2) is 0 Å². The van der Waals surface area contributed by atoms with E-state index in [0.29, 0.717) is 4.99 Å². The molecule has 0 bridgehead atoms. The number of nitrogens with zero attached hydrogens (tertiary/aromatic N) is 2. The topological polar surface area (TPSA) is 32.5 Å². The quantitative estimate of drug-likeness (QED) is 0.813. The number of hydrogen-bond donors (Lipinski definition) is 1. The number of rotatable bonds is 6. The Kier molecular flexibility index (Phi) is 6.05. The van der Waals surface area contributed by atoms with Crippen molar-refractivity contribution >= 4 is 38.8 Å². The van der Waals surface area contributed by atoms with Gasteiger partial charge in [0.1, 0.15) is 4.99 Å². The van der Waals surface area contributed by atoms with Gasteiger partial charge in [-0.2, -0.15) is 0 Å². The monoisotopic (exact) mass is 329 g/mol. The molecule has 0 aromatic heterocycles. The molecule has 1 aromatic carbocycles. The van der Waals surface area contributed by atoms with E-state index in [9.17, 15) is 0 Å². The lowest BCUT2D eigenvalue weighted by Gasteiger charge is -2.22. The summed E-state index contributed by atoms with van der Waals surface area (Å²) in [6.07, 6.45) is 1.13. The molecule has 0 aliphatic carbocycles. The van der Waals surface area contributed by atoms with Crippen molar-refractivity contribution in [2.45, 2.75) is 6.42 Å². The van der Waals surface area contributed by atoms with Gasteiger partial charge >= 0.3 is 0 Å². The zero-order valence-electron chi connectivity index (χ0n) is 11.1. The minimum absolute atomic E-state index is 0.428. The minimum atomic E-state index is 0.428. The van der Waals surface area contributed by atoms with Crippen molar-refractivity contribution in [1.82, 2.24) is 4.90 Å². The van der Waals surface area contributed by atoms with Crippen molar-refractivity contribution < 1.29 is 0 Å². The van der Waals surface area contributed by atoms with Gasteiger partial charge < -0.3 is 15.5 Å². The molecule has 1 aromatic rings. The highest BCUT2D eigenvalue weighted by Crippen LogP contribution is 2.26. The van der Waals surface area contributed by atoms with Crippen molar-refractivity contribution in [2.24, 2.45) is 5.73 Å². The van der Waals surface area contributed by atoms with E-state index in [-0.39, 0.29) is 0 Å². The van der Waals surface area contributed by atoms with Crippen LogP contribution in [0.15, 0.2) is 22.7 Å². The van der Waals surface area contributed by atoms with Crippen LogP contribution in [0.25, 0.3) is 0 Å². The van der Waals surface area contributed by atoms with Crippen LogP contribution in [0.1, 0.15) is 12.0 Å². The summed E-state index contributed by atoms with van der Waals surface area (Å²) in [6, 6.07) is 5.99. The fourth-order valence-corrected chi connectivity index (χ4v) is 2.52. The fraction of sp³-hybridized carbons (Fsp3) is 0.462. The molecule has 3 nitrogen and oxygen atoms in total. The molecule has 0 unspecified atom stereocenters. The van der Waals surface area contributed by atoms with E-state index >= 15 is 0 Å². The molecule has 2 N–H and O–H groups in total. The molecule has 0 atom stereocenters. The van der Waals surface area contributed by atoms with Gasteiger partial charge in [0.2, 0.25) is 0 Å². The van der Waals surface area contributed by atoms with E-state index in [1.807, 2.05) is 18.2 Å². The van der Waals surface area contributed by atoms with Gasteiger partial charge in [0.25, 0.3) is 0 Å². The van der Waals surface area contributed by atoms with Crippen LogP contribution in [0, 0.1) is 0 Å². The first kappa shape index (κ1) is 15.4. The second-order valence-electron chi connectivity index (χ2n) is 4.61. The van der Waals surface area contributed by atoms with Gasteiger partial charge in [-0.1, -0.05) is 12.2 Å². The lowest BCUT2D eigenvalue weighted by atomic mass is 10.2. The van der Waals surface area contributed by atoms with E-state index in [0.717, 1.165) is 35.2 Å². The van der Waals surface area contributed by atoms with Crippen LogP contribution < -0.4 is 10.6 Å². The summed E-state index contributed by atoms with van der Waals surface area (Å²) in [7, 11) is 6.27. The molecule has 0 heterocycles. The van der Waals surface area contributed by atoms with Crippen LogP contribution in [0.3, 0.4) is 0 Å². The molecule has 0 fully saturated rings. The molecule has 0 spiro atoms. The maximum atomic E-state index is 5.61. The summed E-state index contributed by atoms with van der Waals surface area (Å²) in [5.74, 6) is 0. The fourth-order valence-electron chi connectivity index (χ4n) is 1.71. The smallest absolute Gasteiger partial charge is 0.104 e. The van der Waals surface area contributed by atoms with Crippen LogP contribution >= 0.6 is 28.1 Å². The summed E-state index contributed by atoms with van der Waals surface area (Å²) in [4.78, 5) is 4.85. The van der Waals surface area contributed by atoms with Crippen LogP contribution in [0.2, 0.25) is 0 Å². The zero-order chi connectivity index (χ0) is 13.7. The van der Waals surface area contributed by atoms with Crippen LogP contribution in [0.5, 0.6) is 0 Å². The summed E-state index contributed by atoms with van der Waals surface area (Å²) in [5.41, 5.74) is 7.67. The predicted molar refractivity (Wildman–Crippen MR) is 86.5 cm³/mol. The Morgan fingerprint density at radius 1 is 1.28 bits per heavy atom. The molecule has 0 saturated heterocycles. The molecule has 0 saturated carbocycles. The SMILES string of the molecule is CN(C)CCCN(C)c1ccc(C(N)=S)cc1Br. The molecule has 0 aliphatic rings. The first-order valence-electron chi connectivity index (χ1n) is 5.87. The molecule has 0 aliphatic heterocycles. The predicted octanol–water partition coefficient (Wildman–Crippen LogP) is 2.47. The molecule has 1 rings (SSSR count). The summed E-state index contributed by atoms with van der Waals surface area (Å²) >= 11 is 8.54. The standard InChI is InChI=1S/C13H20BrN3S/c1-16(2)7-4-8-17(3)12-6-5-10(13(15)18)9-11(12)14/h5-6,9H,4,7-8H2,1-3H3,(H2,15,18). The van der Waals surface area contributed by atoms with E-state index in [4.69, 9.17) is 18.0 Å². The van der Waals surface area contributed by atoms with E-state index in [2.05, 4.69) is 46.9 Å². The molecular formula is C13H20BrN3S. The normalized spacial score (nSPS) is 10.7. The molecule has 5 heteroatoms. The minimum Gasteiger partial charge on any atom is -0.389 e. The number of hydrogen-bond acceptors (Lipinski definition) is 3. The van der Waals surface area contributed by atoms with Gasteiger partial charge in [0, 0.05) is 23.6 Å². The number of thiocarbonyl (C=S) groups is 1. The highest BCUT2D eigenvalue weighted by Gasteiger charge is 2.07. The van der Waals surface area contributed by atoms with E-state index in [1.165, 1.54) is 0 Å². The van der Waals surface area contributed by atoms with E-state index < -0.39 is 0 Å². The molecule has 0 radical (unpaired) electrons. The third kappa shape index (κ3) is 4.55. The Labute approximate surface area is 123 Å². The van der Waals surface area contributed by atoms with Gasteiger partial charge in [-0.3, -0.25) is 0 Å². The van der Waals surface area contributed by atoms with Crippen LogP contribution in [-0.2, 0) is 0 Å². The average molecular weight is 330 g/mol. The molecule has 100 valence electrons. The average Bonchev–Trinajstić information content (AvgIpc) is 2.27. The molecular weight excluding hydrogens is 310 g/mol. The summed E-state index contributed by atoms with van der Waals surface area (Å²) < 4.78 is 1.03. The molecule has 0 amide bonds. The van der Waals surface area contributed by atoms with Gasteiger partial charge in [-0.05, 0) is 61.2 Å². The van der Waals surface area contributed by atoms with Crippen molar-refractivity contribution in [3.05, 3.63) is 28.2 Å². The number of benzene rings is 1. The first-order chi connectivity index (χ1) is 8.41. The highest BCUT2D eigenvalue weighted by molar-refractivity contribution is 9.10. The number of nitrogens with two attached hydrogens (primary N) is 1. The van der Waals surface area contributed by atoms with Crippen molar-refractivity contribution in [1.29, 1.82) is 0 Å².